The fourth-order valence-electron chi connectivity index (χ4n) is 0.972. The summed E-state index contributed by atoms with van der Waals surface area (Å²) in [7, 11) is 0. The van der Waals surface area contributed by atoms with Gasteiger partial charge in [-0.1, -0.05) is 6.08 Å². The van der Waals surface area contributed by atoms with Crippen LogP contribution in [0.3, 0.4) is 0 Å². The highest BCUT2D eigenvalue weighted by atomic mass is 19.4. The van der Waals surface area contributed by atoms with E-state index in [-0.39, 0.29) is 5.76 Å². The van der Waals surface area contributed by atoms with Gasteiger partial charge in [-0.2, -0.15) is 0 Å². The van der Waals surface area contributed by atoms with Crippen molar-refractivity contribution in [3.63, 3.8) is 0 Å². The Kier molecular flexibility index (Phi) is 2.75. The Morgan fingerprint density at radius 2 is 2.23 bits per heavy atom. The lowest BCUT2D eigenvalue weighted by atomic mass is 10.0. The second kappa shape index (κ2) is 3.64. The molecule has 2 nitrogen and oxygen atoms in total. The molecule has 0 amide bonds. The van der Waals surface area contributed by atoms with Crippen LogP contribution in [0.5, 0.6) is 0 Å². The summed E-state index contributed by atoms with van der Waals surface area (Å²) in [5.41, 5.74) is 0. The summed E-state index contributed by atoms with van der Waals surface area (Å²) >= 11 is 0. The average molecular weight is 192 g/mol. The van der Waals surface area contributed by atoms with Crippen LogP contribution in [0, 0.1) is 5.92 Å². The van der Waals surface area contributed by atoms with Crippen LogP contribution in [0.2, 0.25) is 0 Å². The molecule has 13 heavy (non-hydrogen) atoms. The van der Waals surface area contributed by atoms with E-state index in [1.807, 2.05) is 0 Å². The van der Waals surface area contributed by atoms with E-state index in [0.29, 0.717) is 12.7 Å². The highest BCUT2D eigenvalue weighted by molar-refractivity contribution is 5.58. The Hall–Kier alpha value is -1.26. The van der Waals surface area contributed by atoms with E-state index in [9.17, 15) is 18.0 Å². The van der Waals surface area contributed by atoms with Gasteiger partial charge in [0, 0.05) is 5.92 Å². The Morgan fingerprint density at radius 1 is 1.54 bits per heavy atom. The molecule has 0 saturated carbocycles. The molecule has 1 atom stereocenters. The van der Waals surface area contributed by atoms with Gasteiger partial charge in [0.1, 0.15) is 12.0 Å². The smallest absolute Gasteiger partial charge is 0.406 e. The molecule has 0 heterocycles. The van der Waals surface area contributed by atoms with E-state index < -0.39 is 12.3 Å². The van der Waals surface area contributed by atoms with Crippen molar-refractivity contribution >= 4 is 6.29 Å². The van der Waals surface area contributed by atoms with Crippen LogP contribution in [0.15, 0.2) is 24.0 Å². The number of hydrogen-bond donors (Lipinski definition) is 0. The van der Waals surface area contributed by atoms with E-state index in [1.165, 1.54) is 12.2 Å². The monoisotopic (exact) mass is 192 g/mol. The molecular weight excluding hydrogens is 185 g/mol. The molecule has 0 radical (unpaired) electrons. The van der Waals surface area contributed by atoms with Crippen molar-refractivity contribution in [1.82, 2.24) is 0 Å². The molecule has 1 unspecified atom stereocenters. The zero-order chi connectivity index (χ0) is 9.90. The molecule has 0 bridgehead atoms. The molecule has 1 rings (SSSR count). The number of carbonyl (C=O) groups is 1. The van der Waals surface area contributed by atoms with Crippen LogP contribution in [-0.4, -0.2) is 12.6 Å². The first kappa shape index (κ1) is 9.83. The fraction of sp³-hybridized carbons (Fsp3) is 0.375. The van der Waals surface area contributed by atoms with Gasteiger partial charge in [0.25, 0.3) is 0 Å². The number of halogens is 3. The number of rotatable bonds is 2. The van der Waals surface area contributed by atoms with Crippen molar-refractivity contribution in [3.05, 3.63) is 24.0 Å². The van der Waals surface area contributed by atoms with Crippen molar-refractivity contribution in [3.8, 4) is 0 Å². The van der Waals surface area contributed by atoms with Gasteiger partial charge in [0.05, 0.1) is 0 Å². The summed E-state index contributed by atoms with van der Waals surface area (Å²) in [6, 6.07) is 0. The van der Waals surface area contributed by atoms with Gasteiger partial charge >= 0.3 is 6.36 Å². The molecule has 1 aliphatic rings. The van der Waals surface area contributed by atoms with Gasteiger partial charge in [0.15, 0.2) is 0 Å². The first-order valence-electron chi connectivity index (χ1n) is 3.60. The number of ether oxygens (including phenoxy) is 1. The standard InChI is InChI=1S/C8H7F3O2/c9-8(10,11)13-7-3-1-2-6(4-7)5-12/h1,3-6H,2H2. The third kappa shape index (κ3) is 3.31. The van der Waals surface area contributed by atoms with E-state index in [4.69, 9.17) is 0 Å². The van der Waals surface area contributed by atoms with Crippen molar-refractivity contribution in [1.29, 1.82) is 0 Å². The summed E-state index contributed by atoms with van der Waals surface area (Å²) in [5, 5.41) is 0. The van der Waals surface area contributed by atoms with Gasteiger partial charge in [-0.3, -0.25) is 0 Å². The van der Waals surface area contributed by atoms with Gasteiger partial charge < -0.3 is 9.53 Å². The lowest BCUT2D eigenvalue weighted by Crippen LogP contribution is -2.14. The molecule has 72 valence electrons. The fourth-order valence-corrected chi connectivity index (χ4v) is 0.972. The van der Waals surface area contributed by atoms with E-state index in [2.05, 4.69) is 4.74 Å². The molecule has 0 aliphatic heterocycles. The second-order valence-electron chi connectivity index (χ2n) is 2.55. The zero-order valence-corrected chi connectivity index (χ0v) is 6.54. The Labute approximate surface area is 72.7 Å². The van der Waals surface area contributed by atoms with E-state index in [1.54, 1.807) is 0 Å². The Morgan fingerprint density at radius 3 is 2.77 bits per heavy atom. The van der Waals surface area contributed by atoms with Crippen LogP contribution >= 0.6 is 0 Å². The van der Waals surface area contributed by atoms with Gasteiger partial charge in [0.2, 0.25) is 0 Å². The van der Waals surface area contributed by atoms with E-state index >= 15 is 0 Å². The largest absolute Gasteiger partial charge is 0.573 e. The molecule has 0 aromatic heterocycles. The minimum Gasteiger partial charge on any atom is -0.406 e. The summed E-state index contributed by atoms with van der Waals surface area (Å²) in [6.07, 6.45) is 0.145. The molecule has 0 aromatic rings. The predicted molar refractivity (Wildman–Crippen MR) is 38.5 cm³/mol. The summed E-state index contributed by atoms with van der Waals surface area (Å²) < 4.78 is 38.7. The average Bonchev–Trinajstić information content (AvgIpc) is 2.01. The third-order valence-corrected chi connectivity index (χ3v) is 1.48. The Balaban J connectivity index is 2.64. The topological polar surface area (TPSA) is 26.3 Å². The lowest BCUT2D eigenvalue weighted by molar-refractivity contribution is -0.303. The highest BCUT2D eigenvalue weighted by Crippen LogP contribution is 2.24. The summed E-state index contributed by atoms with van der Waals surface area (Å²) in [5.74, 6) is -0.835. The van der Waals surface area contributed by atoms with Gasteiger partial charge in [-0.25, -0.2) is 0 Å². The quantitative estimate of drug-likeness (QED) is 0.627. The molecule has 1 aliphatic carbocycles. The van der Waals surface area contributed by atoms with Gasteiger partial charge in [-0.05, 0) is 18.6 Å². The number of hydrogen-bond acceptors (Lipinski definition) is 2. The Bertz CT molecular complexity index is 253. The minimum atomic E-state index is -4.69. The second-order valence-corrected chi connectivity index (χ2v) is 2.55. The molecule has 0 N–H and O–H groups in total. The van der Waals surface area contributed by atoms with Crippen molar-refractivity contribution < 1.29 is 22.7 Å². The normalized spacial score (nSPS) is 22.4. The number of carbonyl (C=O) groups excluding carboxylic acids is 1. The molecule has 5 heteroatoms. The highest BCUT2D eigenvalue weighted by Gasteiger charge is 2.32. The summed E-state index contributed by atoms with van der Waals surface area (Å²) in [6.45, 7) is 0. The summed E-state index contributed by atoms with van der Waals surface area (Å²) in [4.78, 5) is 10.3. The maximum absolute atomic E-state index is 11.7. The number of aldehydes is 1. The minimum absolute atomic E-state index is 0.323. The molecule has 0 saturated heterocycles. The number of allylic oxidation sites excluding steroid dienone is 3. The molecule has 0 fully saturated rings. The van der Waals surface area contributed by atoms with Crippen molar-refractivity contribution in [2.45, 2.75) is 12.8 Å². The first-order valence-corrected chi connectivity index (χ1v) is 3.60. The van der Waals surface area contributed by atoms with Crippen LogP contribution < -0.4 is 0 Å². The maximum atomic E-state index is 11.7. The van der Waals surface area contributed by atoms with Crippen molar-refractivity contribution in [2.75, 3.05) is 0 Å². The maximum Gasteiger partial charge on any atom is 0.573 e. The van der Waals surface area contributed by atoms with Gasteiger partial charge in [-0.15, -0.1) is 13.2 Å². The lowest BCUT2D eigenvalue weighted by Gasteiger charge is -2.14. The first-order chi connectivity index (χ1) is 6.01. The van der Waals surface area contributed by atoms with Crippen LogP contribution in [0.1, 0.15) is 6.42 Å². The van der Waals surface area contributed by atoms with Crippen molar-refractivity contribution in [2.24, 2.45) is 5.92 Å². The predicted octanol–water partition coefficient (Wildman–Crippen LogP) is 2.18. The van der Waals surface area contributed by atoms with E-state index in [0.717, 1.165) is 6.08 Å². The molecule has 0 spiro atoms. The molecule has 0 aromatic carbocycles. The SMILES string of the molecule is O=CC1C=C(OC(F)(F)F)C=CC1. The van der Waals surface area contributed by atoms with Crippen LogP contribution in [-0.2, 0) is 9.53 Å². The van der Waals surface area contributed by atoms with Crippen LogP contribution in [0.25, 0.3) is 0 Å². The zero-order valence-electron chi connectivity index (χ0n) is 6.54. The number of alkyl halides is 3. The molecular formula is C8H7F3O2. The third-order valence-electron chi connectivity index (χ3n) is 1.48. The van der Waals surface area contributed by atoms with Crippen LogP contribution in [0.4, 0.5) is 13.2 Å².